The van der Waals surface area contributed by atoms with Gasteiger partial charge in [0.1, 0.15) is 5.03 Å². The number of hydrogen-bond acceptors (Lipinski definition) is 4. The van der Waals surface area contributed by atoms with E-state index < -0.39 is 0 Å². The van der Waals surface area contributed by atoms with Crippen LogP contribution in [0.4, 0.5) is 0 Å². The highest BCUT2D eigenvalue weighted by Gasteiger charge is 2.08. The van der Waals surface area contributed by atoms with Crippen LogP contribution in [0.15, 0.2) is 51.6 Å². The summed E-state index contributed by atoms with van der Waals surface area (Å²) >= 11 is 6.44. The van der Waals surface area contributed by atoms with Gasteiger partial charge in [0.25, 0.3) is 0 Å². The predicted octanol–water partition coefficient (Wildman–Crippen LogP) is 3.19. The molecule has 2 rings (SSSR count). The quantitative estimate of drug-likeness (QED) is 0.618. The Hall–Kier alpha value is -1.33. The number of nitrogens with zero attached hydrogens (tertiary/aromatic N) is 2. The van der Waals surface area contributed by atoms with E-state index in [1.807, 2.05) is 30.3 Å². The molecule has 1 radical (unpaired) electrons. The summed E-state index contributed by atoms with van der Waals surface area (Å²) in [6, 6.07) is 9.94. The first kappa shape index (κ1) is 11.2. The van der Waals surface area contributed by atoms with Crippen molar-refractivity contribution in [2.75, 3.05) is 7.11 Å². The molecule has 0 aliphatic carbocycles. The Morgan fingerprint density at radius 1 is 1.25 bits per heavy atom. The van der Waals surface area contributed by atoms with Crippen LogP contribution in [0.2, 0.25) is 0 Å². The maximum atomic E-state index is 5.18. The van der Waals surface area contributed by atoms with Crippen molar-refractivity contribution in [3.05, 3.63) is 36.5 Å². The minimum Gasteiger partial charge on any atom is -0.492 e. The molecule has 16 heavy (non-hydrogen) atoms. The van der Waals surface area contributed by atoms with Gasteiger partial charge in [-0.2, -0.15) is 0 Å². The summed E-state index contributed by atoms with van der Waals surface area (Å²) in [5, 5.41) is 1.08. The normalized spacial score (nSPS) is 10.1. The second kappa shape index (κ2) is 5.14. The minimum atomic E-state index is 0.333. The van der Waals surface area contributed by atoms with Crippen molar-refractivity contribution >= 4 is 24.4 Å². The van der Waals surface area contributed by atoms with Gasteiger partial charge in [0.15, 0.2) is 5.75 Å². The Kier molecular flexibility index (Phi) is 3.58. The largest absolute Gasteiger partial charge is 0.492 e. The number of ether oxygens (including phenoxy) is 1. The predicted molar refractivity (Wildman–Crippen MR) is 65.0 cm³/mol. The molecule has 5 heteroatoms. The molecule has 0 aliphatic rings. The van der Waals surface area contributed by atoms with E-state index in [0.29, 0.717) is 10.9 Å². The van der Waals surface area contributed by atoms with E-state index in [0.717, 1.165) is 9.92 Å². The van der Waals surface area contributed by atoms with Crippen LogP contribution in [0.1, 0.15) is 0 Å². The molecule has 0 spiro atoms. The SMILES string of the molecule is COc1cnc([S])nc1Sc1ccccc1. The molecule has 0 saturated carbocycles. The number of methoxy groups -OCH3 is 1. The Balaban J connectivity index is 2.30. The smallest absolute Gasteiger partial charge is 0.220 e. The zero-order valence-electron chi connectivity index (χ0n) is 8.58. The van der Waals surface area contributed by atoms with Gasteiger partial charge in [0.05, 0.1) is 13.3 Å². The Labute approximate surface area is 104 Å². The Morgan fingerprint density at radius 3 is 2.69 bits per heavy atom. The van der Waals surface area contributed by atoms with Gasteiger partial charge >= 0.3 is 0 Å². The van der Waals surface area contributed by atoms with Crippen LogP contribution in [0.25, 0.3) is 0 Å². The van der Waals surface area contributed by atoms with E-state index in [4.69, 9.17) is 17.4 Å². The second-order valence-corrected chi connectivity index (χ2v) is 4.37. The van der Waals surface area contributed by atoms with Crippen molar-refractivity contribution in [2.45, 2.75) is 15.1 Å². The molecule has 1 heterocycles. The van der Waals surface area contributed by atoms with Crippen molar-refractivity contribution in [2.24, 2.45) is 0 Å². The third-order valence-electron chi connectivity index (χ3n) is 1.88. The molecular formula is C11H9N2OS2. The van der Waals surface area contributed by atoms with Crippen molar-refractivity contribution in [3.63, 3.8) is 0 Å². The van der Waals surface area contributed by atoms with Crippen LogP contribution < -0.4 is 4.74 Å². The molecule has 1 aromatic carbocycles. The first-order valence-electron chi connectivity index (χ1n) is 4.60. The summed E-state index contributed by atoms with van der Waals surface area (Å²) in [6.07, 6.45) is 1.60. The zero-order chi connectivity index (χ0) is 11.4. The molecule has 0 bridgehead atoms. The van der Waals surface area contributed by atoms with Gasteiger partial charge in [0, 0.05) is 4.90 Å². The molecule has 81 valence electrons. The summed E-state index contributed by atoms with van der Waals surface area (Å²) in [5.74, 6) is 0.641. The first-order chi connectivity index (χ1) is 7.79. The number of benzene rings is 1. The van der Waals surface area contributed by atoms with Crippen molar-refractivity contribution in [1.82, 2.24) is 9.97 Å². The molecular weight excluding hydrogens is 240 g/mol. The number of hydrogen-bond donors (Lipinski definition) is 0. The minimum absolute atomic E-state index is 0.333. The molecule has 0 aliphatic heterocycles. The van der Waals surface area contributed by atoms with Gasteiger partial charge < -0.3 is 4.74 Å². The molecule has 3 nitrogen and oxygen atoms in total. The molecule has 0 saturated heterocycles. The lowest BCUT2D eigenvalue weighted by Gasteiger charge is -2.06. The molecule has 1 aromatic heterocycles. The maximum absolute atomic E-state index is 5.18. The van der Waals surface area contributed by atoms with Gasteiger partial charge in [0.2, 0.25) is 5.16 Å². The maximum Gasteiger partial charge on any atom is 0.220 e. The Bertz CT molecular complexity index is 477. The van der Waals surface area contributed by atoms with E-state index in [-0.39, 0.29) is 0 Å². The van der Waals surface area contributed by atoms with E-state index in [9.17, 15) is 0 Å². The van der Waals surface area contributed by atoms with Crippen LogP contribution in [0.3, 0.4) is 0 Å². The van der Waals surface area contributed by atoms with Crippen molar-refractivity contribution < 1.29 is 4.74 Å². The summed E-state index contributed by atoms with van der Waals surface area (Å²) in [6.45, 7) is 0. The van der Waals surface area contributed by atoms with E-state index in [1.54, 1.807) is 13.3 Å². The van der Waals surface area contributed by atoms with E-state index in [1.165, 1.54) is 11.8 Å². The van der Waals surface area contributed by atoms with Crippen LogP contribution >= 0.6 is 24.4 Å². The highest BCUT2D eigenvalue weighted by molar-refractivity contribution is 7.99. The van der Waals surface area contributed by atoms with Crippen molar-refractivity contribution in [1.29, 1.82) is 0 Å². The first-order valence-corrected chi connectivity index (χ1v) is 5.83. The van der Waals surface area contributed by atoms with Crippen LogP contribution in [0.5, 0.6) is 5.75 Å². The average Bonchev–Trinajstić information content (AvgIpc) is 2.31. The lowest BCUT2D eigenvalue weighted by atomic mass is 10.4. The molecule has 2 aromatic rings. The van der Waals surface area contributed by atoms with Gasteiger partial charge in [-0.15, -0.1) is 0 Å². The summed E-state index contributed by atoms with van der Waals surface area (Å²) < 4.78 is 5.18. The lowest BCUT2D eigenvalue weighted by molar-refractivity contribution is 0.396. The van der Waals surface area contributed by atoms with Gasteiger partial charge in [-0.25, -0.2) is 9.97 Å². The number of rotatable bonds is 3. The fraction of sp³-hybridized carbons (Fsp3) is 0.0909. The lowest BCUT2D eigenvalue weighted by Crippen LogP contribution is -1.92. The number of aromatic nitrogens is 2. The molecule has 0 N–H and O–H groups in total. The highest BCUT2D eigenvalue weighted by atomic mass is 32.2. The third kappa shape index (κ3) is 2.62. The van der Waals surface area contributed by atoms with Crippen molar-refractivity contribution in [3.8, 4) is 5.75 Å². The fourth-order valence-corrected chi connectivity index (χ4v) is 2.24. The molecule has 0 unspecified atom stereocenters. The van der Waals surface area contributed by atoms with Crippen LogP contribution in [-0.4, -0.2) is 17.1 Å². The average molecular weight is 249 g/mol. The fourth-order valence-electron chi connectivity index (χ4n) is 1.15. The topological polar surface area (TPSA) is 35.0 Å². The monoisotopic (exact) mass is 249 g/mol. The summed E-state index contributed by atoms with van der Waals surface area (Å²) in [4.78, 5) is 9.19. The molecule has 0 fully saturated rings. The van der Waals surface area contributed by atoms with Gasteiger partial charge in [-0.05, 0) is 24.8 Å². The van der Waals surface area contributed by atoms with Crippen LogP contribution in [-0.2, 0) is 0 Å². The summed E-state index contributed by atoms with van der Waals surface area (Å²) in [7, 11) is 1.59. The van der Waals surface area contributed by atoms with Crippen LogP contribution in [0, 0.1) is 0 Å². The highest BCUT2D eigenvalue weighted by Crippen LogP contribution is 2.32. The van der Waals surface area contributed by atoms with E-state index >= 15 is 0 Å². The summed E-state index contributed by atoms with van der Waals surface area (Å²) in [5.41, 5.74) is 0. The zero-order valence-corrected chi connectivity index (χ0v) is 10.2. The standard InChI is InChI=1S/C11H9N2OS2/c1-14-9-7-12-11(15)13-10(9)16-8-5-3-2-4-6-8/h2-7H,1H3. The van der Waals surface area contributed by atoms with Gasteiger partial charge in [-0.3, -0.25) is 0 Å². The second-order valence-electron chi connectivity index (χ2n) is 2.94. The third-order valence-corrected chi connectivity index (χ3v) is 3.07. The molecule has 0 atom stereocenters. The molecule has 0 amide bonds. The van der Waals surface area contributed by atoms with Gasteiger partial charge in [-0.1, -0.05) is 30.0 Å². The Morgan fingerprint density at radius 2 is 2.00 bits per heavy atom. The van der Waals surface area contributed by atoms with E-state index in [2.05, 4.69) is 9.97 Å².